The van der Waals surface area contributed by atoms with Gasteiger partial charge < -0.3 is 4.42 Å². The third kappa shape index (κ3) is 4.04. The lowest BCUT2D eigenvalue weighted by Crippen LogP contribution is -2.05. The quantitative estimate of drug-likeness (QED) is 0.800. The lowest BCUT2D eigenvalue weighted by atomic mass is 10.1. The smallest absolute Gasteiger partial charge is 0.147 e. The van der Waals surface area contributed by atoms with Crippen molar-refractivity contribution in [2.24, 2.45) is 0 Å². The minimum absolute atomic E-state index is 0.137. The molecule has 18 heavy (non-hydrogen) atoms. The molecule has 0 aliphatic rings. The fraction of sp³-hybridized carbons (Fsp3) is 0.214. The minimum atomic E-state index is -0.279. The summed E-state index contributed by atoms with van der Waals surface area (Å²) in [6.45, 7) is 0. The average molecular weight is 264 g/mol. The number of hydrogen-bond donors (Lipinski definition) is 0. The first-order chi connectivity index (χ1) is 8.74. The van der Waals surface area contributed by atoms with Crippen LogP contribution in [-0.2, 0) is 17.0 Å². The second-order valence-electron chi connectivity index (χ2n) is 3.91. The van der Waals surface area contributed by atoms with Gasteiger partial charge in [-0.15, -0.1) is 11.8 Å². The molecule has 0 spiro atoms. The molecule has 1 aromatic heterocycles. The summed E-state index contributed by atoms with van der Waals surface area (Å²) in [5.41, 5.74) is 0.847. The molecule has 0 radical (unpaired) electrons. The Hall–Kier alpha value is -1.55. The summed E-state index contributed by atoms with van der Waals surface area (Å²) in [7, 11) is 0. The van der Waals surface area contributed by atoms with Crippen LogP contribution in [0, 0.1) is 5.82 Å². The number of benzene rings is 1. The van der Waals surface area contributed by atoms with E-state index in [9.17, 15) is 9.18 Å². The fourth-order valence-electron chi connectivity index (χ4n) is 1.54. The molecule has 0 fully saturated rings. The van der Waals surface area contributed by atoms with Gasteiger partial charge in [0, 0.05) is 6.42 Å². The number of carbonyl (C=O) groups is 1. The zero-order chi connectivity index (χ0) is 12.8. The molecule has 94 valence electrons. The molecule has 2 aromatic rings. The van der Waals surface area contributed by atoms with E-state index in [0.717, 1.165) is 11.3 Å². The molecule has 0 atom stereocenters. The number of furan rings is 1. The van der Waals surface area contributed by atoms with E-state index in [1.54, 1.807) is 18.4 Å². The standard InChI is InChI=1S/C14H13FO2S/c15-12-5-3-11(4-6-12)8-13(16)9-18-10-14-2-1-7-17-14/h1-7H,8-10H2. The van der Waals surface area contributed by atoms with Gasteiger partial charge in [0.15, 0.2) is 0 Å². The van der Waals surface area contributed by atoms with Crippen LogP contribution in [0.1, 0.15) is 11.3 Å². The highest BCUT2D eigenvalue weighted by molar-refractivity contribution is 7.99. The first-order valence-electron chi connectivity index (χ1n) is 5.60. The Bertz CT molecular complexity index is 491. The number of Topliss-reactive ketones (excluding diaryl/α,β-unsaturated/α-hetero) is 1. The molecule has 0 aliphatic heterocycles. The molecular formula is C14H13FO2S. The maximum Gasteiger partial charge on any atom is 0.147 e. The highest BCUT2D eigenvalue weighted by atomic mass is 32.2. The number of hydrogen-bond acceptors (Lipinski definition) is 3. The van der Waals surface area contributed by atoms with Crippen molar-refractivity contribution in [1.29, 1.82) is 0 Å². The van der Waals surface area contributed by atoms with E-state index >= 15 is 0 Å². The molecule has 0 unspecified atom stereocenters. The molecule has 2 nitrogen and oxygen atoms in total. The summed E-state index contributed by atoms with van der Waals surface area (Å²) in [5, 5.41) is 0. The second-order valence-corrected chi connectivity index (χ2v) is 4.90. The van der Waals surface area contributed by atoms with E-state index in [-0.39, 0.29) is 11.6 Å². The Morgan fingerprint density at radius 2 is 2.00 bits per heavy atom. The maximum atomic E-state index is 12.7. The SMILES string of the molecule is O=C(CSCc1ccco1)Cc1ccc(F)cc1. The Kier molecular flexibility index (Phi) is 4.59. The number of ketones is 1. The summed E-state index contributed by atoms with van der Waals surface area (Å²) in [6.07, 6.45) is 1.97. The van der Waals surface area contributed by atoms with Crippen LogP contribution in [0.2, 0.25) is 0 Å². The normalized spacial score (nSPS) is 10.5. The van der Waals surface area contributed by atoms with Gasteiger partial charge in [0.1, 0.15) is 17.4 Å². The van der Waals surface area contributed by atoms with Crippen LogP contribution < -0.4 is 0 Å². The van der Waals surface area contributed by atoms with E-state index in [2.05, 4.69) is 0 Å². The highest BCUT2D eigenvalue weighted by Gasteiger charge is 2.05. The van der Waals surface area contributed by atoms with E-state index in [1.165, 1.54) is 23.9 Å². The predicted octanol–water partition coefficient (Wildman–Crippen LogP) is 3.46. The highest BCUT2D eigenvalue weighted by Crippen LogP contribution is 2.13. The molecule has 0 saturated heterocycles. The molecular weight excluding hydrogens is 251 g/mol. The molecule has 0 N–H and O–H groups in total. The van der Waals surface area contributed by atoms with Crippen molar-refractivity contribution in [2.45, 2.75) is 12.2 Å². The lowest BCUT2D eigenvalue weighted by Gasteiger charge is -2.01. The monoisotopic (exact) mass is 264 g/mol. The van der Waals surface area contributed by atoms with Gasteiger partial charge in [-0.1, -0.05) is 12.1 Å². The Labute approximate surface area is 109 Å². The van der Waals surface area contributed by atoms with Gasteiger partial charge in [0.05, 0.1) is 17.8 Å². The van der Waals surface area contributed by atoms with Gasteiger partial charge in [-0.05, 0) is 29.8 Å². The van der Waals surface area contributed by atoms with Crippen molar-refractivity contribution < 1.29 is 13.6 Å². The van der Waals surface area contributed by atoms with Gasteiger partial charge in [-0.25, -0.2) is 4.39 Å². The van der Waals surface area contributed by atoms with Crippen LogP contribution in [0.25, 0.3) is 0 Å². The van der Waals surface area contributed by atoms with Crippen molar-refractivity contribution in [2.75, 3.05) is 5.75 Å². The molecule has 0 amide bonds. The van der Waals surface area contributed by atoms with Gasteiger partial charge in [0.2, 0.25) is 0 Å². The third-order valence-corrected chi connectivity index (χ3v) is 3.42. The van der Waals surface area contributed by atoms with Gasteiger partial charge in [-0.3, -0.25) is 4.79 Å². The summed E-state index contributed by atoms with van der Waals surface area (Å²) < 4.78 is 17.9. The van der Waals surface area contributed by atoms with E-state index in [0.29, 0.717) is 17.9 Å². The maximum absolute atomic E-state index is 12.7. The van der Waals surface area contributed by atoms with Gasteiger partial charge in [-0.2, -0.15) is 0 Å². The summed E-state index contributed by atoms with van der Waals surface area (Å²) in [6, 6.07) is 9.75. The second kappa shape index (κ2) is 6.40. The summed E-state index contributed by atoms with van der Waals surface area (Å²) in [4.78, 5) is 11.7. The predicted molar refractivity (Wildman–Crippen MR) is 70.0 cm³/mol. The van der Waals surface area contributed by atoms with Crippen LogP contribution >= 0.6 is 11.8 Å². The number of halogens is 1. The van der Waals surface area contributed by atoms with Crippen LogP contribution in [0.15, 0.2) is 47.1 Å². The molecule has 4 heteroatoms. The van der Waals surface area contributed by atoms with Crippen LogP contribution in [0.5, 0.6) is 0 Å². The Morgan fingerprint density at radius 3 is 2.67 bits per heavy atom. The number of rotatable bonds is 6. The zero-order valence-corrected chi connectivity index (χ0v) is 10.6. The molecule has 0 saturated carbocycles. The topological polar surface area (TPSA) is 30.2 Å². The zero-order valence-electron chi connectivity index (χ0n) is 9.77. The minimum Gasteiger partial charge on any atom is -0.468 e. The van der Waals surface area contributed by atoms with Crippen LogP contribution in [-0.4, -0.2) is 11.5 Å². The first-order valence-corrected chi connectivity index (χ1v) is 6.76. The van der Waals surface area contributed by atoms with Crippen LogP contribution in [0.4, 0.5) is 4.39 Å². The van der Waals surface area contributed by atoms with Crippen molar-refractivity contribution in [3.63, 3.8) is 0 Å². The Balaban J connectivity index is 1.73. The van der Waals surface area contributed by atoms with Crippen molar-refractivity contribution in [1.82, 2.24) is 0 Å². The molecule has 1 heterocycles. The summed E-state index contributed by atoms with van der Waals surface area (Å²) in [5.74, 6) is 1.87. The first kappa shape index (κ1) is 12.9. The fourth-order valence-corrected chi connectivity index (χ4v) is 2.34. The molecule has 0 aliphatic carbocycles. The van der Waals surface area contributed by atoms with E-state index < -0.39 is 0 Å². The lowest BCUT2D eigenvalue weighted by molar-refractivity contribution is -0.116. The molecule has 2 rings (SSSR count). The number of carbonyl (C=O) groups excluding carboxylic acids is 1. The summed E-state index contributed by atoms with van der Waals surface area (Å²) >= 11 is 1.52. The largest absolute Gasteiger partial charge is 0.468 e. The van der Waals surface area contributed by atoms with Gasteiger partial charge in [0.25, 0.3) is 0 Å². The Morgan fingerprint density at radius 1 is 1.22 bits per heavy atom. The van der Waals surface area contributed by atoms with Crippen molar-refractivity contribution >= 4 is 17.5 Å². The van der Waals surface area contributed by atoms with E-state index in [1.807, 2.05) is 12.1 Å². The van der Waals surface area contributed by atoms with Crippen LogP contribution in [0.3, 0.4) is 0 Å². The molecule has 0 bridgehead atoms. The van der Waals surface area contributed by atoms with Gasteiger partial charge >= 0.3 is 0 Å². The van der Waals surface area contributed by atoms with Crippen molar-refractivity contribution in [3.8, 4) is 0 Å². The van der Waals surface area contributed by atoms with Crippen molar-refractivity contribution in [3.05, 3.63) is 59.8 Å². The molecule has 1 aromatic carbocycles. The number of thioether (sulfide) groups is 1. The average Bonchev–Trinajstić information content (AvgIpc) is 2.85. The van der Waals surface area contributed by atoms with E-state index in [4.69, 9.17) is 4.42 Å². The third-order valence-electron chi connectivity index (χ3n) is 2.40.